The lowest BCUT2D eigenvalue weighted by Crippen LogP contribution is -2.48. The molecular formula is C21H26N5O3+. The van der Waals surface area contributed by atoms with Crippen LogP contribution in [0.15, 0.2) is 54.6 Å². The van der Waals surface area contributed by atoms with Gasteiger partial charge in [0.2, 0.25) is 5.95 Å². The third-order valence-electron chi connectivity index (χ3n) is 4.55. The smallest absolute Gasteiger partial charge is 0.496 e. The van der Waals surface area contributed by atoms with Gasteiger partial charge in [-0.1, -0.05) is 24.3 Å². The van der Waals surface area contributed by atoms with Crippen LogP contribution >= 0.6 is 0 Å². The van der Waals surface area contributed by atoms with Crippen LogP contribution in [-0.4, -0.2) is 48.8 Å². The summed E-state index contributed by atoms with van der Waals surface area (Å²) in [5.41, 5.74) is 1.09. The van der Waals surface area contributed by atoms with Crippen LogP contribution < -0.4 is 14.5 Å². The van der Waals surface area contributed by atoms with Gasteiger partial charge in [-0.05, 0) is 43.0 Å². The number of nitrogens with zero attached hydrogens (tertiary/aromatic N) is 4. The Morgan fingerprint density at radius 3 is 2.79 bits per heavy atom. The molecule has 1 heterocycles. The molecule has 3 rings (SSSR count). The molecule has 1 aliphatic carbocycles. The second-order valence-electron chi connectivity index (χ2n) is 7.01. The van der Waals surface area contributed by atoms with E-state index in [0.717, 1.165) is 30.6 Å². The number of methoxy groups -OCH3 is 1. The van der Waals surface area contributed by atoms with Crippen molar-refractivity contribution in [1.82, 2.24) is 19.4 Å². The molecular weight excluding hydrogens is 370 g/mol. The van der Waals surface area contributed by atoms with Crippen molar-refractivity contribution in [3.05, 3.63) is 60.1 Å². The van der Waals surface area contributed by atoms with E-state index in [9.17, 15) is 4.79 Å². The molecule has 0 unspecified atom stereocenters. The number of hydrogen-bond acceptors (Lipinski definition) is 7. The molecule has 1 aromatic heterocycles. The number of ether oxygens (including phenoxy) is 2. The molecule has 29 heavy (non-hydrogen) atoms. The maximum absolute atomic E-state index is 12.7. The molecule has 0 atom stereocenters. The lowest BCUT2D eigenvalue weighted by atomic mass is 10.1. The predicted molar refractivity (Wildman–Crippen MR) is 112 cm³/mol. The van der Waals surface area contributed by atoms with Crippen molar-refractivity contribution in [2.45, 2.75) is 19.3 Å². The number of rotatable bonds is 7. The van der Waals surface area contributed by atoms with E-state index >= 15 is 0 Å². The van der Waals surface area contributed by atoms with Crippen LogP contribution in [0.4, 0.5) is 16.7 Å². The monoisotopic (exact) mass is 396 g/mol. The number of para-hydroxylation sites is 1. The van der Waals surface area contributed by atoms with Gasteiger partial charge in [0.1, 0.15) is 17.8 Å². The zero-order chi connectivity index (χ0) is 20.7. The van der Waals surface area contributed by atoms with Gasteiger partial charge in [-0.2, -0.15) is 14.3 Å². The van der Waals surface area contributed by atoms with E-state index in [0.29, 0.717) is 24.2 Å². The molecule has 1 N–H and O–H groups in total. The summed E-state index contributed by atoms with van der Waals surface area (Å²) < 4.78 is 10.6. The van der Waals surface area contributed by atoms with Gasteiger partial charge in [0.05, 0.1) is 21.2 Å². The van der Waals surface area contributed by atoms with Gasteiger partial charge in [0.15, 0.2) is 0 Å². The van der Waals surface area contributed by atoms with E-state index < -0.39 is 6.09 Å². The zero-order valence-corrected chi connectivity index (χ0v) is 17.0. The highest BCUT2D eigenvalue weighted by molar-refractivity contribution is 5.80. The van der Waals surface area contributed by atoms with Gasteiger partial charge >= 0.3 is 12.0 Å². The van der Waals surface area contributed by atoms with E-state index in [1.807, 2.05) is 36.4 Å². The Morgan fingerprint density at radius 1 is 1.21 bits per heavy atom. The molecule has 2 aromatic rings. The normalized spacial score (nSPS) is 13.6. The van der Waals surface area contributed by atoms with Crippen molar-refractivity contribution in [3.8, 4) is 5.75 Å². The molecule has 152 valence electrons. The van der Waals surface area contributed by atoms with Crippen LogP contribution in [0, 0.1) is 0 Å². The topological polar surface area (TPSA) is 86.2 Å². The lowest BCUT2D eigenvalue weighted by molar-refractivity contribution is 0.147. The summed E-state index contributed by atoms with van der Waals surface area (Å²) in [7, 11) is 5.02. The Hall–Kier alpha value is -3.26. The van der Waals surface area contributed by atoms with Crippen LogP contribution in [0.5, 0.6) is 5.75 Å². The first kappa shape index (κ1) is 20.5. The van der Waals surface area contributed by atoms with Crippen LogP contribution in [-0.2, 0) is 11.2 Å². The van der Waals surface area contributed by atoms with E-state index in [-0.39, 0.29) is 4.48 Å². The molecule has 0 spiro atoms. The summed E-state index contributed by atoms with van der Waals surface area (Å²) >= 11 is 0. The highest BCUT2D eigenvalue weighted by atomic mass is 16.6. The minimum absolute atomic E-state index is 0.255. The van der Waals surface area contributed by atoms with Gasteiger partial charge in [-0.15, -0.1) is 4.98 Å². The average Bonchev–Trinajstić information content (AvgIpc) is 2.75. The van der Waals surface area contributed by atoms with Gasteiger partial charge in [-0.3, -0.25) is 0 Å². The van der Waals surface area contributed by atoms with E-state index in [1.165, 1.54) is 6.33 Å². The number of quaternary nitrogens is 1. The maximum Gasteiger partial charge on any atom is 0.528 e. The molecule has 8 heteroatoms. The van der Waals surface area contributed by atoms with Gasteiger partial charge in [0, 0.05) is 6.54 Å². The molecule has 1 amide bonds. The Balaban J connectivity index is 1.64. The number of aromatic nitrogens is 3. The molecule has 0 aliphatic heterocycles. The lowest BCUT2D eigenvalue weighted by Gasteiger charge is -2.22. The fraction of sp³-hybridized carbons (Fsp3) is 0.333. The third kappa shape index (κ3) is 5.17. The molecule has 0 bridgehead atoms. The van der Waals surface area contributed by atoms with Gasteiger partial charge in [0.25, 0.3) is 0 Å². The van der Waals surface area contributed by atoms with E-state index in [1.54, 1.807) is 27.3 Å². The van der Waals surface area contributed by atoms with Crippen molar-refractivity contribution in [3.63, 3.8) is 0 Å². The van der Waals surface area contributed by atoms with Crippen molar-refractivity contribution in [2.75, 3.05) is 33.1 Å². The number of carbonyl (C=O) groups excluding carboxylic acids is 1. The Morgan fingerprint density at radius 2 is 2.03 bits per heavy atom. The average molecular weight is 396 g/mol. The van der Waals surface area contributed by atoms with Crippen LogP contribution in [0.3, 0.4) is 0 Å². The Kier molecular flexibility index (Phi) is 6.56. The highest BCUT2D eigenvalue weighted by Gasteiger charge is 2.36. The second kappa shape index (κ2) is 9.29. The fourth-order valence-corrected chi connectivity index (χ4v) is 2.82. The van der Waals surface area contributed by atoms with Crippen molar-refractivity contribution in [1.29, 1.82) is 0 Å². The van der Waals surface area contributed by atoms with Crippen LogP contribution in [0.25, 0.3) is 0 Å². The number of amides is 1. The molecule has 1 aliphatic rings. The Labute approximate surface area is 170 Å². The first-order valence-corrected chi connectivity index (χ1v) is 9.49. The number of nitrogens with one attached hydrogen (secondary N) is 1. The molecule has 8 nitrogen and oxygen atoms in total. The minimum atomic E-state index is -0.464. The molecule has 1 aromatic carbocycles. The largest absolute Gasteiger partial charge is 0.528 e. The molecule has 0 saturated heterocycles. The summed E-state index contributed by atoms with van der Waals surface area (Å²) in [6.45, 7) is 0.610. The summed E-state index contributed by atoms with van der Waals surface area (Å²) in [5, 5.41) is 3.17. The molecule has 0 radical (unpaired) electrons. The number of allylic oxidation sites excluding steroid dienone is 3. The third-order valence-corrected chi connectivity index (χ3v) is 4.55. The summed E-state index contributed by atoms with van der Waals surface area (Å²) in [6.07, 6.45) is 9.17. The molecule has 0 saturated carbocycles. The quantitative estimate of drug-likeness (QED) is 0.717. The first-order chi connectivity index (χ1) is 14.0. The standard InChI is InChI=1S/C21H26N5O3/c1-26(2,21(27)29-17-10-5-4-6-11-17)20-24-15-23-19(25-20)22-14-13-16-9-7-8-12-18(16)28-3/h5,7-12,15H,4,6,13-14H2,1-3H3,(H,22,23,24,25)/q+1. The van der Waals surface area contributed by atoms with Crippen LogP contribution in [0.2, 0.25) is 0 Å². The van der Waals surface area contributed by atoms with E-state index in [2.05, 4.69) is 20.3 Å². The zero-order valence-electron chi connectivity index (χ0n) is 17.0. The number of carbonyl (C=O) groups is 1. The maximum atomic E-state index is 12.7. The van der Waals surface area contributed by atoms with Crippen LogP contribution in [0.1, 0.15) is 18.4 Å². The predicted octanol–water partition coefficient (Wildman–Crippen LogP) is 3.47. The Bertz CT molecular complexity index is 924. The summed E-state index contributed by atoms with van der Waals surface area (Å²) in [5.74, 6) is 2.10. The van der Waals surface area contributed by atoms with Crippen molar-refractivity contribution < 1.29 is 14.3 Å². The van der Waals surface area contributed by atoms with Gasteiger partial charge in [-0.25, -0.2) is 4.98 Å². The summed E-state index contributed by atoms with van der Waals surface area (Å²) in [4.78, 5) is 25.4. The number of benzene rings is 1. The van der Waals surface area contributed by atoms with Gasteiger partial charge < -0.3 is 14.8 Å². The summed E-state index contributed by atoms with van der Waals surface area (Å²) in [6, 6.07) is 7.86. The number of anilines is 1. The van der Waals surface area contributed by atoms with Crippen molar-refractivity contribution in [2.24, 2.45) is 0 Å². The number of hydrogen-bond donors (Lipinski definition) is 1. The van der Waals surface area contributed by atoms with Crippen molar-refractivity contribution >= 4 is 18.0 Å². The first-order valence-electron chi connectivity index (χ1n) is 9.49. The van der Waals surface area contributed by atoms with E-state index in [4.69, 9.17) is 9.47 Å². The minimum Gasteiger partial charge on any atom is -0.496 e. The fourth-order valence-electron chi connectivity index (χ4n) is 2.82. The highest BCUT2D eigenvalue weighted by Crippen LogP contribution is 2.20. The SMILES string of the molecule is COc1ccccc1CCNc1ncnc([N+](C)(C)C(=O)OC2=CCCC=C2)n1. The molecule has 0 fully saturated rings. The second-order valence-corrected chi connectivity index (χ2v) is 7.01.